The second kappa shape index (κ2) is 37.3. The summed E-state index contributed by atoms with van der Waals surface area (Å²) < 4.78 is 10.7. The highest BCUT2D eigenvalue weighted by Gasteiger charge is 2.11. The fourth-order valence-electron chi connectivity index (χ4n) is 4.45. The first-order chi connectivity index (χ1) is 23.1. The quantitative estimate of drug-likeness (QED) is 0.0426. The molecule has 0 aromatic heterocycles. The number of carbonyl (C=O) groups is 2. The molecule has 4 nitrogen and oxygen atoms in total. The monoisotopic (exact) mass is 649 g/mol. The maximum Gasteiger partial charge on any atom is 0.306 e. The molecule has 0 saturated heterocycles. The van der Waals surface area contributed by atoms with Crippen LogP contribution in [0.5, 0.6) is 0 Å². The van der Waals surface area contributed by atoms with E-state index in [-0.39, 0.29) is 18.5 Å². The van der Waals surface area contributed by atoms with Crippen molar-refractivity contribution in [3.05, 3.63) is 97.2 Å². The zero-order valence-corrected chi connectivity index (χ0v) is 30.3. The number of carbonyl (C=O) groups excluding carboxylic acids is 2. The van der Waals surface area contributed by atoms with Crippen LogP contribution in [0.1, 0.15) is 149 Å². The van der Waals surface area contributed by atoms with Crippen molar-refractivity contribution in [1.29, 1.82) is 0 Å². The van der Waals surface area contributed by atoms with Gasteiger partial charge in [-0.2, -0.15) is 0 Å². The number of hydrogen-bond donors (Lipinski definition) is 0. The maximum absolute atomic E-state index is 12.1. The predicted molar refractivity (Wildman–Crippen MR) is 203 cm³/mol. The van der Waals surface area contributed by atoms with E-state index in [0.29, 0.717) is 12.8 Å². The van der Waals surface area contributed by atoms with E-state index >= 15 is 0 Å². The third-order valence-electron chi connectivity index (χ3n) is 7.23. The predicted octanol–water partition coefficient (Wildman–Crippen LogP) is 12.8. The summed E-state index contributed by atoms with van der Waals surface area (Å²) in [5, 5.41) is 0. The second-order valence-corrected chi connectivity index (χ2v) is 11.9. The molecule has 0 aliphatic rings. The van der Waals surface area contributed by atoms with Gasteiger partial charge in [0.2, 0.25) is 0 Å². The number of ether oxygens (including phenoxy) is 2. The molecule has 4 heteroatoms. The van der Waals surface area contributed by atoms with Gasteiger partial charge >= 0.3 is 11.9 Å². The minimum Gasteiger partial charge on any atom is -0.462 e. The lowest BCUT2D eigenvalue weighted by atomic mass is 10.2. The number of unbranched alkanes of at least 4 members (excludes halogenated alkanes) is 8. The van der Waals surface area contributed by atoms with Gasteiger partial charge in [0.05, 0.1) is 0 Å². The van der Waals surface area contributed by atoms with Crippen LogP contribution in [0.25, 0.3) is 0 Å². The topological polar surface area (TPSA) is 52.6 Å². The first-order valence-corrected chi connectivity index (χ1v) is 18.6. The van der Waals surface area contributed by atoms with Crippen LogP contribution < -0.4 is 0 Å². The van der Waals surface area contributed by atoms with Crippen molar-refractivity contribution in [3.8, 4) is 0 Å². The average Bonchev–Trinajstić information content (AvgIpc) is 3.06. The maximum atomic E-state index is 12.1. The van der Waals surface area contributed by atoms with E-state index in [1.807, 2.05) is 0 Å². The van der Waals surface area contributed by atoms with Crippen LogP contribution in [0.4, 0.5) is 0 Å². The Bertz CT molecular complexity index is 960. The fraction of sp³-hybridized carbons (Fsp3) is 0.581. The second-order valence-electron chi connectivity index (χ2n) is 11.9. The van der Waals surface area contributed by atoms with E-state index in [4.69, 9.17) is 9.47 Å². The van der Waals surface area contributed by atoms with Crippen molar-refractivity contribution in [3.63, 3.8) is 0 Å². The Kier molecular flexibility index (Phi) is 34.8. The molecule has 0 amide bonds. The SMILES string of the molecule is CCCCC/C=C\C/C=C\C/C=C\C/C=C\CCCC(=O)OCC(C)OC(=O)CCC/C=C\C/C=C\C/C=C\C/C=C\CCCCC. The van der Waals surface area contributed by atoms with Crippen molar-refractivity contribution < 1.29 is 19.1 Å². The van der Waals surface area contributed by atoms with Crippen LogP contribution in [0.3, 0.4) is 0 Å². The summed E-state index contributed by atoms with van der Waals surface area (Å²) in [7, 11) is 0. The minimum atomic E-state index is -0.434. The molecule has 0 aromatic carbocycles. The highest BCUT2D eigenvalue weighted by Crippen LogP contribution is 2.06. The van der Waals surface area contributed by atoms with Gasteiger partial charge < -0.3 is 9.47 Å². The highest BCUT2D eigenvalue weighted by atomic mass is 16.6. The zero-order chi connectivity index (χ0) is 34.3. The molecule has 0 spiro atoms. The molecule has 0 rings (SSSR count). The molecular weight excluding hydrogens is 580 g/mol. The third kappa shape index (κ3) is 37.2. The first-order valence-electron chi connectivity index (χ1n) is 18.6. The van der Waals surface area contributed by atoms with E-state index in [0.717, 1.165) is 64.2 Å². The summed E-state index contributed by atoms with van der Waals surface area (Å²) in [4.78, 5) is 24.1. The summed E-state index contributed by atoms with van der Waals surface area (Å²) in [6.45, 7) is 6.33. The lowest BCUT2D eigenvalue weighted by Gasteiger charge is -2.13. The van der Waals surface area contributed by atoms with Crippen LogP contribution in [0, 0.1) is 0 Å². The van der Waals surface area contributed by atoms with Gasteiger partial charge in [0.25, 0.3) is 0 Å². The van der Waals surface area contributed by atoms with Gasteiger partial charge in [-0.3, -0.25) is 9.59 Å². The van der Waals surface area contributed by atoms with Gasteiger partial charge in [-0.15, -0.1) is 0 Å². The third-order valence-corrected chi connectivity index (χ3v) is 7.23. The van der Waals surface area contributed by atoms with Gasteiger partial charge in [-0.05, 0) is 96.8 Å². The van der Waals surface area contributed by atoms with Crippen molar-refractivity contribution in [2.24, 2.45) is 0 Å². The fourth-order valence-corrected chi connectivity index (χ4v) is 4.45. The highest BCUT2D eigenvalue weighted by molar-refractivity contribution is 5.70. The van der Waals surface area contributed by atoms with E-state index < -0.39 is 6.10 Å². The molecule has 0 N–H and O–H groups in total. The van der Waals surface area contributed by atoms with E-state index in [2.05, 4.69) is 111 Å². The Labute approximate surface area is 289 Å². The first kappa shape index (κ1) is 43.9. The van der Waals surface area contributed by atoms with Crippen LogP contribution in [-0.2, 0) is 19.1 Å². The van der Waals surface area contributed by atoms with Gasteiger partial charge in [0.15, 0.2) is 0 Å². The van der Waals surface area contributed by atoms with Gasteiger partial charge in [-0.1, -0.05) is 137 Å². The molecule has 264 valence electrons. The van der Waals surface area contributed by atoms with Crippen molar-refractivity contribution in [1.82, 2.24) is 0 Å². The van der Waals surface area contributed by atoms with E-state index in [9.17, 15) is 9.59 Å². The molecule has 0 fully saturated rings. The van der Waals surface area contributed by atoms with Crippen LogP contribution >= 0.6 is 0 Å². The van der Waals surface area contributed by atoms with Gasteiger partial charge in [0.1, 0.15) is 12.7 Å². The Morgan fingerprint density at radius 3 is 1.13 bits per heavy atom. The number of hydrogen-bond acceptors (Lipinski definition) is 4. The van der Waals surface area contributed by atoms with E-state index in [1.165, 1.54) is 51.4 Å². The van der Waals surface area contributed by atoms with Crippen molar-refractivity contribution >= 4 is 11.9 Å². The number of esters is 2. The smallest absolute Gasteiger partial charge is 0.306 e. The molecule has 47 heavy (non-hydrogen) atoms. The number of allylic oxidation sites excluding steroid dienone is 16. The van der Waals surface area contributed by atoms with Crippen molar-refractivity contribution in [2.45, 2.75) is 155 Å². The Morgan fingerprint density at radius 2 is 0.766 bits per heavy atom. The lowest BCUT2D eigenvalue weighted by Crippen LogP contribution is -2.22. The molecular formula is C43H68O4. The van der Waals surface area contributed by atoms with Crippen LogP contribution in [0.15, 0.2) is 97.2 Å². The summed E-state index contributed by atoms with van der Waals surface area (Å²) in [5.41, 5.74) is 0. The molecule has 0 saturated carbocycles. The molecule has 0 heterocycles. The van der Waals surface area contributed by atoms with Crippen LogP contribution in [-0.4, -0.2) is 24.6 Å². The number of rotatable bonds is 31. The lowest BCUT2D eigenvalue weighted by molar-refractivity contribution is -0.158. The molecule has 0 bridgehead atoms. The standard InChI is InChI=1S/C43H68O4/c1-4-6-8-10-12-14-16-18-20-22-24-26-28-30-32-34-36-38-42(44)46-40-41(3)47-43(45)39-37-35-33-31-29-27-25-23-21-19-17-15-13-11-9-7-5-2/h12-15,18-21,24-27,30-33,41H,4-11,16-17,22-23,28-29,34-40H2,1-3H3/b14-12-,15-13-,20-18-,21-19-,26-24-,27-25-,32-30-,33-31-. The molecule has 1 unspecified atom stereocenters. The Morgan fingerprint density at radius 1 is 0.447 bits per heavy atom. The van der Waals surface area contributed by atoms with E-state index in [1.54, 1.807) is 6.92 Å². The molecule has 0 aliphatic carbocycles. The summed E-state index contributed by atoms with van der Waals surface area (Å²) >= 11 is 0. The van der Waals surface area contributed by atoms with Crippen molar-refractivity contribution in [2.75, 3.05) is 6.61 Å². The molecule has 0 radical (unpaired) electrons. The molecule has 0 aromatic rings. The van der Waals surface area contributed by atoms with Gasteiger partial charge in [-0.25, -0.2) is 0 Å². The minimum absolute atomic E-state index is 0.103. The van der Waals surface area contributed by atoms with Crippen LogP contribution in [0.2, 0.25) is 0 Å². The summed E-state index contributed by atoms with van der Waals surface area (Å²) in [6.07, 6.45) is 54.6. The zero-order valence-electron chi connectivity index (χ0n) is 30.3. The molecule has 0 aliphatic heterocycles. The van der Waals surface area contributed by atoms with Gasteiger partial charge in [0, 0.05) is 12.8 Å². The Balaban J connectivity index is 3.70. The largest absolute Gasteiger partial charge is 0.462 e. The summed E-state index contributed by atoms with van der Waals surface area (Å²) in [5.74, 6) is -0.491. The molecule has 1 atom stereocenters. The summed E-state index contributed by atoms with van der Waals surface area (Å²) in [6, 6.07) is 0. The average molecular weight is 649 g/mol. The Hall–Kier alpha value is -3.14. The normalized spacial score (nSPS) is 13.3.